The lowest BCUT2D eigenvalue weighted by Crippen LogP contribution is -2.51. The van der Waals surface area contributed by atoms with Crippen LogP contribution in [0.15, 0.2) is 24.3 Å². The Labute approximate surface area is 128 Å². The first-order valence-electron chi connectivity index (χ1n) is 6.59. The minimum absolute atomic E-state index is 0. The second kappa shape index (κ2) is 8.14. The van der Waals surface area contributed by atoms with Crippen LogP contribution in [0.2, 0.25) is 0 Å². The number of hydrogen-bond acceptors (Lipinski definition) is 3. The molecule has 0 saturated carbocycles. The zero-order valence-electron chi connectivity index (χ0n) is 11.7. The molecule has 21 heavy (non-hydrogen) atoms. The van der Waals surface area contributed by atoms with E-state index < -0.39 is 6.61 Å². The maximum absolute atomic E-state index is 12.1. The van der Waals surface area contributed by atoms with Crippen LogP contribution in [0.4, 0.5) is 8.78 Å². The van der Waals surface area contributed by atoms with E-state index >= 15 is 0 Å². The summed E-state index contributed by atoms with van der Waals surface area (Å²) < 4.78 is 28.3. The molecule has 1 fully saturated rings. The number of nitrogens with one attached hydrogen (secondary N) is 1. The Bertz CT molecular complexity index is 457. The van der Waals surface area contributed by atoms with Crippen LogP contribution in [0.25, 0.3) is 0 Å². The van der Waals surface area contributed by atoms with Crippen molar-refractivity contribution in [3.05, 3.63) is 29.8 Å². The number of halogens is 3. The molecule has 2 rings (SSSR count). The van der Waals surface area contributed by atoms with Crippen LogP contribution in [0.3, 0.4) is 0 Å². The average molecular weight is 321 g/mol. The molecule has 1 heterocycles. The third-order valence-electron chi connectivity index (χ3n) is 3.23. The van der Waals surface area contributed by atoms with Crippen molar-refractivity contribution < 1.29 is 18.3 Å². The molecule has 1 atom stereocenters. The van der Waals surface area contributed by atoms with Crippen molar-refractivity contribution >= 4 is 18.3 Å². The molecule has 0 spiro atoms. The van der Waals surface area contributed by atoms with Crippen LogP contribution in [-0.2, 0) is 11.2 Å². The van der Waals surface area contributed by atoms with Gasteiger partial charge in [-0.15, -0.1) is 12.4 Å². The molecule has 0 aliphatic carbocycles. The van der Waals surface area contributed by atoms with E-state index in [1.165, 1.54) is 12.1 Å². The van der Waals surface area contributed by atoms with Gasteiger partial charge in [0.2, 0.25) is 5.91 Å². The van der Waals surface area contributed by atoms with Crippen LogP contribution in [0, 0.1) is 0 Å². The standard InChI is InChI=1S/C14H18F2N2O2.ClH/c1-10-9-18(7-6-17-10)13(19)8-11-2-4-12(5-3-11)20-14(15)16;/h2-5,10,14,17H,6-9H2,1H3;1H. The Hall–Kier alpha value is -1.40. The number of nitrogens with zero attached hydrogens (tertiary/aromatic N) is 1. The van der Waals surface area contributed by atoms with Crippen LogP contribution >= 0.6 is 12.4 Å². The normalized spacial score (nSPS) is 18.3. The summed E-state index contributed by atoms with van der Waals surface area (Å²) in [5, 5.41) is 3.27. The zero-order chi connectivity index (χ0) is 14.5. The number of ether oxygens (including phenoxy) is 1. The van der Waals surface area contributed by atoms with Gasteiger partial charge >= 0.3 is 6.61 Å². The fourth-order valence-electron chi connectivity index (χ4n) is 2.23. The van der Waals surface area contributed by atoms with Crippen molar-refractivity contribution in [1.29, 1.82) is 0 Å². The molecule has 0 radical (unpaired) electrons. The predicted molar refractivity (Wildman–Crippen MR) is 78.1 cm³/mol. The summed E-state index contributed by atoms with van der Waals surface area (Å²) in [5.41, 5.74) is 0.794. The molecule has 1 aliphatic heterocycles. The van der Waals surface area contributed by atoms with Crippen LogP contribution in [0.5, 0.6) is 5.75 Å². The molecular weight excluding hydrogens is 302 g/mol. The van der Waals surface area contributed by atoms with E-state index in [1.54, 1.807) is 12.1 Å². The highest BCUT2D eigenvalue weighted by Gasteiger charge is 2.20. The lowest BCUT2D eigenvalue weighted by atomic mass is 10.1. The first kappa shape index (κ1) is 17.7. The fraction of sp³-hybridized carbons (Fsp3) is 0.500. The van der Waals surface area contributed by atoms with Gasteiger partial charge in [-0.1, -0.05) is 12.1 Å². The van der Waals surface area contributed by atoms with E-state index in [0.717, 1.165) is 12.1 Å². The van der Waals surface area contributed by atoms with Gasteiger partial charge in [0.25, 0.3) is 0 Å². The van der Waals surface area contributed by atoms with Gasteiger partial charge in [-0.2, -0.15) is 8.78 Å². The maximum atomic E-state index is 12.1. The fourth-order valence-corrected chi connectivity index (χ4v) is 2.23. The summed E-state index contributed by atoms with van der Waals surface area (Å²) in [4.78, 5) is 13.9. The predicted octanol–water partition coefficient (Wildman–Crippen LogP) is 2.07. The van der Waals surface area contributed by atoms with Crippen molar-refractivity contribution in [2.24, 2.45) is 0 Å². The molecular formula is C14H19ClF2N2O2. The van der Waals surface area contributed by atoms with Gasteiger partial charge < -0.3 is 15.0 Å². The molecule has 0 aromatic heterocycles. The highest BCUT2D eigenvalue weighted by atomic mass is 35.5. The molecule has 1 aromatic carbocycles. The number of rotatable bonds is 4. The summed E-state index contributed by atoms with van der Waals surface area (Å²) in [6, 6.07) is 6.49. The topological polar surface area (TPSA) is 41.6 Å². The largest absolute Gasteiger partial charge is 0.435 e. The number of piperazine rings is 1. The average Bonchev–Trinajstić information content (AvgIpc) is 2.40. The van der Waals surface area contributed by atoms with Crippen molar-refractivity contribution in [1.82, 2.24) is 10.2 Å². The van der Waals surface area contributed by atoms with E-state index in [2.05, 4.69) is 10.1 Å². The van der Waals surface area contributed by atoms with Gasteiger partial charge in [0.15, 0.2) is 0 Å². The van der Waals surface area contributed by atoms with Crippen molar-refractivity contribution in [3.8, 4) is 5.75 Å². The van der Waals surface area contributed by atoms with Crippen molar-refractivity contribution in [2.45, 2.75) is 26.0 Å². The molecule has 4 nitrogen and oxygen atoms in total. The van der Waals surface area contributed by atoms with E-state index in [1.807, 2.05) is 11.8 Å². The number of hydrogen-bond donors (Lipinski definition) is 1. The molecule has 1 amide bonds. The van der Waals surface area contributed by atoms with Crippen LogP contribution in [0.1, 0.15) is 12.5 Å². The van der Waals surface area contributed by atoms with Gasteiger partial charge in [-0.05, 0) is 24.6 Å². The minimum atomic E-state index is -2.83. The third kappa shape index (κ3) is 5.47. The molecule has 1 saturated heterocycles. The van der Waals surface area contributed by atoms with E-state index in [4.69, 9.17) is 0 Å². The van der Waals surface area contributed by atoms with E-state index in [-0.39, 0.29) is 30.5 Å². The van der Waals surface area contributed by atoms with E-state index in [0.29, 0.717) is 19.1 Å². The minimum Gasteiger partial charge on any atom is -0.435 e. The molecule has 7 heteroatoms. The number of alkyl halides is 2. The number of amides is 1. The monoisotopic (exact) mass is 320 g/mol. The number of carbonyl (C=O) groups is 1. The van der Waals surface area contributed by atoms with E-state index in [9.17, 15) is 13.6 Å². The summed E-state index contributed by atoms with van der Waals surface area (Å²) in [6.07, 6.45) is 0.279. The molecule has 0 bridgehead atoms. The second-order valence-corrected chi connectivity index (χ2v) is 4.89. The summed E-state index contributed by atoms with van der Waals surface area (Å²) in [6.45, 7) is 1.41. The molecule has 1 aromatic rings. The van der Waals surface area contributed by atoms with Gasteiger partial charge in [-0.25, -0.2) is 0 Å². The third-order valence-corrected chi connectivity index (χ3v) is 3.23. The zero-order valence-corrected chi connectivity index (χ0v) is 12.5. The van der Waals surface area contributed by atoms with Gasteiger partial charge in [0.1, 0.15) is 5.75 Å². The Morgan fingerprint density at radius 2 is 2.10 bits per heavy atom. The lowest BCUT2D eigenvalue weighted by Gasteiger charge is -2.32. The van der Waals surface area contributed by atoms with Crippen molar-refractivity contribution in [2.75, 3.05) is 19.6 Å². The summed E-state index contributed by atoms with van der Waals surface area (Å²) in [7, 11) is 0. The molecule has 1 unspecified atom stereocenters. The Balaban J connectivity index is 0.00000220. The SMILES string of the molecule is CC1CN(C(=O)Cc2ccc(OC(F)F)cc2)CCN1.Cl. The number of benzene rings is 1. The van der Waals surface area contributed by atoms with Gasteiger partial charge in [0.05, 0.1) is 6.42 Å². The quantitative estimate of drug-likeness (QED) is 0.923. The first-order valence-corrected chi connectivity index (χ1v) is 6.59. The Kier molecular flexibility index (Phi) is 6.84. The first-order chi connectivity index (χ1) is 9.54. The van der Waals surface area contributed by atoms with Gasteiger partial charge in [0, 0.05) is 25.7 Å². The molecule has 1 N–H and O–H groups in total. The van der Waals surface area contributed by atoms with Crippen LogP contribution < -0.4 is 10.1 Å². The smallest absolute Gasteiger partial charge is 0.387 e. The second-order valence-electron chi connectivity index (χ2n) is 4.89. The lowest BCUT2D eigenvalue weighted by molar-refractivity contribution is -0.131. The van der Waals surface area contributed by atoms with Crippen LogP contribution in [-0.4, -0.2) is 43.1 Å². The Morgan fingerprint density at radius 3 is 2.67 bits per heavy atom. The molecule has 1 aliphatic rings. The Morgan fingerprint density at radius 1 is 1.43 bits per heavy atom. The molecule has 118 valence electrons. The summed E-state index contributed by atoms with van der Waals surface area (Å²) >= 11 is 0. The van der Waals surface area contributed by atoms with Gasteiger partial charge in [-0.3, -0.25) is 4.79 Å². The van der Waals surface area contributed by atoms with Crippen molar-refractivity contribution in [3.63, 3.8) is 0 Å². The summed E-state index contributed by atoms with van der Waals surface area (Å²) in [5.74, 6) is 0.160. The number of carbonyl (C=O) groups excluding carboxylic acids is 1. The highest BCUT2D eigenvalue weighted by molar-refractivity contribution is 5.85. The maximum Gasteiger partial charge on any atom is 0.387 e. The highest BCUT2D eigenvalue weighted by Crippen LogP contribution is 2.15.